The molecule has 0 radical (unpaired) electrons. The third-order valence-corrected chi connectivity index (χ3v) is 6.05. The van der Waals surface area contributed by atoms with E-state index in [4.69, 9.17) is 9.68 Å². The maximum atomic E-state index is 12.7. The van der Waals surface area contributed by atoms with E-state index in [1.54, 1.807) is 10.8 Å². The van der Waals surface area contributed by atoms with Gasteiger partial charge in [0.2, 0.25) is 0 Å². The number of hydrogen-bond acceptors (Lipinski definition) is 10. The molecular formula is C20H8N2O8S2. The van der Waals surface area contributed by atoms with Crippen molar-refractivity contribution >= 4 is 56.2 Å². The van der Waals surface area contributed by atoms with Crippen molar-refractivity contribution in [1.29, 1.82) is 0 Å². The molecule has 0 fully saturated rings. The molecule has 0 atom stereocenters. The first kappa shape index (κ1) is 19.8. The van der Waals surface area contributed by atoms with Gasteiger partial charge in [0, 0.05) is 10.8 Å². The third kappa shape index (κ3) is 2.92. The predicted molar refractivity (Wildman–Crippen MR) is 115 cm³/mol. The maximum Gasteiger partial charge on any atom is 0.364 e. The molecule has 0 unspecified atom stereocenters. The van der Waals surface area contributed by atoms with Crippen molar-refractivity contribution in [2.45, 2.75) is 0 Å². The second-order valence-electron chi connectivity index (χ2n) is 6.53. The van der Waals surface area contributed by atoms with Gasteiger partial charge in [0.1, 0.15) is 0 Å². The Kier molecular flexibility index (Phi) is 4.46. The summed E-state index contributed by atoms with van der Waals surface area (Å²) in [6.07, 6.45) is 0. The monoisotopic (exact) mass is 468 g/mol. The van der Waals surface area contributed by atoms with Gasteiger partial charge in [-0.25, -0.2) is 9.59 Å². The lowest BCUT2D eigenvalue weighted by Crippen LogP contribution is -2.35. The van der Waals surface area contributed by atoms with Crippen LogP contribution in [0.4, 0.5) is 0 Å². The van der Waals surface area contributed by atoms with Crippen LogP contribution in [-0.2, 0) is 0 Å². The molecule has 32 heavy (non-hydrogen) atoms. The first-order valence-electron chi connectivity index (χ1n) is 8.81. The Morgan fingerprint density at radius 2 is 0.969 bits per heavy atom. The number of carbonyl (C=O) groups excluding carboxylic acids is 2. The van der Waals surface area contributed by atoms with Gasteiger partial charge in [0.05, 0.1) is 32.7 Å². The van der Waals surface area contributed by atoms with Crippen LogP contribution < -0.4 is 31.9 Å². The van der Waals surface area contributed by atoms with Crippen molar-refractivity contribution < 1.29 is 19.3 Å². The van der Waals surface area contributed by atoms with Crippen LogP contribution in [0.25, 0.3) is 21.5 Å². The molecule has 5 aromatic rings. The zero-order chi connectivity index (χ0) is 22.6. The second kappa shape index (κ2) is 7.21. The molecular weight excluding hydrogens is 460 g/mol. The van der Waals surface area contributed by atoms with Gasteiger partial charge in [-0.1, -0.05) is 9.46 Å². The van der Waals surface area contributed by atoms with Gasteiger partial charge >= 0.3 is 11.9 Å². The molecule has 0 aliphatic rings. The molecule has 158 valence electrons. The van der Waals surface area contributed by atoms with Gasteiger partial charge in [0.15, 0.2) is 0 Å². The summed E-state index contributed by atoms with van der Waals surface area (Å²) < 4.78 is 0.562. The summed E-state index contributed by atoms with van der Waals surface area (Å²) in [5.41, 5.74) is -3.56. The molecule has 0 saturated carbocycles. The molecule has 1 aromatic carbocycles. The average Bonchev–Trinajstić information content (AvgIpc) is 3.57. The minimum absolute atomic E-state index is 0.155. The molecule has 4 heterocycles. The topological polar surface area (TPSA) is 131 Å². The lowest BCUT2D eigenvalue weighted by Gasteiger charge is -1.99. The van der Waals surface area contributed by atoms with Gasteiger partial charge in [0.25, 0.3) is 22.2 Å². The summed E-state index contributed by atoms with van der Waals surface area (Å²) in [4.78, 5) is 84.7. The number of benzene rings is 1. The van der Waals surface area contributed by atoms with E-state index in [0.717, 1.165) is 12.1 Å². The number of thiophene rings is 2. The van der Waals surface area contributed by atoms with Crippen molar-refractivity contribution in [1.82, 2.24) is 9.46 Å². The summed E-state index contributed by atoms with van der Waals surface area (Å²) in [5.74, 6) is -1.82. The fraction of sp³-hybridized carbons (Fsp3) is 0. The van der Waals surface area contributed by atoms with Crippen LogP contribution in [0, 0.1) is 0 Å². The van der Waals surface area contributed by atoms with E-state index in [-0.39, 0.29) is 42.1 Å². The molecule has 0 saturated heterocycles. The van der Waals surface area contributed by atoms with Crippen molar-refractivity contribution in [3.63, 3.8) is 0 Å². The predicted octanol–water partition coefficient (Wildman–Crippen LogP) is 0.573. The van der Waals surface area contributed by atoms with Crippen LogP contribution in [-0.4, -0.2) is 21.4 Å². The molecule has 0 amide bonds. The van der Waals surface area contributed by atoms with Crippen molar-refractivity contribution in [3.05, 3.63) is 98.3 Å². The highest BCUT2D eigenvalue weighted by Crippen LogP contribution is 2.15. The lowest BCUT2D eigenvalue weighted by molar-refractivity contribution is 0.0428. The molecule has 0 aliphatic heterocycles. The number of aromatic nitrogens is 2. The first-order valence-corrected chi connectivity index (χ1v) is 10.7. The van der Waals surface area contributed by atoms with E-state index >= 15 is 0 Å². The highest BCUT2D eigenvalue weighted by Gasteiger charge is 2.23. The Morgan fingerprint density at radius 3 is 1.25 bits per heavy atom. The molecule has 5 rings (SSSR count). The Morgan fingerprint density at radius 1 is 0.625 bits per heavy atom. The second-order valence-corrected chi connectivity index (χ2v) is 8.09. The van der Waals surface area contributed by atoms with Crippen molar-refractivity contribution in [2.24, 2.45) is 0 Å². The Hall–Kier alpha value is -4.16. The average molecular weight is 468 g/mol. The summed E-state index contributed by atoms with van der Waals surface area (Å²) in [5, 5.41) is 5.32. The molecule has 0 spiro atoms. The Labute approximate surface area is 183 Å². The summed E-state index contributed by atoms with van der Waals surface area (Å²) in [6, 6.07) is 5.01. The Balaban J connectivity index is 1.62. The van der Waals surface area contributed by atoms with Gasteiger partial charge in [-0.3, -0.25) is 19.2 Å². The van der Waals surface area contributed by atoms with Crippen LogP contribution >= 0.6 is 22.7 Å². The number of hydrogen-bond donors (Lipinski definition) is 0. The summed E-state index contributed by atoms with van der Waals surface area (Å²) in [6.45, 7) is 0. The molecule has 0 aliphatic carbocycles. The van der Waals surface area contributed by atoms with E-state index in [2.05, 4.69) is 0 Å². The molecule has 10 nitrogen and oxygen atoms in total. The van der Waals surface area contributed by atoms with Gasteiger partial charge < -0.3 is 9.68 Å². The van der Waals surface area contributed by atoms with E-state index < -0.39 is 34.2 Å². The van der Waals surface area contributed by atoms with Gasteiger partial charge in [-0.2, -0.15) is 22.7 Å². The number of nitrogens with zero attached hydrogens (tertiary/aromatic N) is 2. The molecule has 4 aromatic heterocycles. The standard InChI is InChI=1S/C20H8N2O8S2/c23-15-11-5-13-14(18(26)22(17(13)25)30-20(28)10-2-4-32-8-10)6-12(11)16(24)21(15)29-19(27)9-1-3-31-7-9/h1-8H. The summed E-state index contributed by atoms with van der Waals surface area (Å²) in [7, 11) is 0. The quantitative estimate of drug-likeness (QED) is 0.374. The molecule has 0 N–H and O–H groups in total. The number of carbonyl (C=O) groups is 2. The Bertz CT molecular complexity index is 1530. The largest absolute Gasteiger partial charge is 0.364 e. The van der Waals surface area contributed by atoms with E-state index in [9.17, 15) is 28.8 Å². The van der Waals surface area contributed by atoms with Crippen LogP contribution in [0.5, 0.6) is 0 Å². The highest BCUT2D eigenvalue weighted by molar-refractivity contribution is 7.08. The zero-order valence-electron chi connectivity index (χ0n) is 15.6. The molecule has 12 heteroatoms. The van der Waals surface area contributed by atoms with Crippen molar-refractivity contribution in [2.75, 3.05) is 0 Å². The van der Waals surface area contributed by atoms with Crippen LogP contribution in [0.3, 0.4) is 0 Å². The van der Waals surface area contributed by atoms with E-state index in [0.29, 0.717) is 0 Å². The molecule has 0 bridgehead atoms. The van der Waals surface area contributed by atoms with Crippen LogP contribution in [0.15, 0.2) is 65.0 Å². The fourth-order valence-corrected chi connectivity index (χ4v) is 4.38. The first-order chi connectivity index (χ1) is 15.4. The van der Waals surface area contributed by atoms with Crippen molar-refractivity contribution in [3.8, 4) is 0 Å². The van der Waals surface area contributed by atoms with Gasteiger partial charge in [-0.15, -0.1) is 0 Å². The van der Waals surface area contributed by atoms with E-state index in [1.807, 2.05) is 0 Å². The summed E-state index contributed by atoms with van der Waals surface area (Å²) >= 11 is 2.46. The minimum atomic E-state index is -0.967. The van der Waals surface area contributed by atoms with Crippen LogP contribution in [0.1, 0.15) is 20.7 Å². The van der Waals surface area contributed by atoms with Gasteiger partial charge in [-0.05, 0) is 35.0 Å². The number of fused-ring (bicyclic) bond motifs is 2. The SMILES string of the molecule is O=C(On1c(=O)c2cc3c(=O)n(OC(=O)c4ccsc4)c(=O)c3cc2c1=O)c1ccsc1. The number of rotatable bonds is 4. The minimum Gasteiger partial charge on any atom is -0.324 e. The zero-order valence-corrected chi connectivity index (χ0v) is 17.2. The normalized spacial score (nSPS) is 11.2. The highest BCUT2D eigenvalue weighted by atomic mass is 32.1. The maximum absolute atomic E-state index is 12.7. The van der Waals surface area contributed by atoms with E-state index in [1.165, 1.54) is 45.6 Å². The van der Waals surface area contributed by atoms with Crippen LogP contribution in [0.2, 0.25) is 0 Å². The smallest absolute Gasteiger partial charge is 0.324 e. The lowest BCUT2D eigenvalue weighted by atomic mass is 10.1. The fourth-order valence-electron chi connectivity index (χ4n) is 3.13. The third-order valence-electron chi connectivity index (χ3n) is 4.68.